The topological polar surface area (TPSA) is 62.5 Å². The summed E-state index contributed by atoms with van der Waals surface area (Å²) in [5.74, 6) is -1.91. The normalized spacial score (nSPS) is 11.1. The number of hydrogen-bond acceptors (Lipinski definition) is 3. The van der Waals surface area contributed by atoms with Crippen molar-refractivity contribution < 1.29 is 19.0 Å². The summed E-state index contributed by atoms with van der Waals surface area (Å²) in [5, 5.41) is 20.1. The summed E-state index contributed by atoms with van der Waals surface area (Å²) < 4.78 is 29.2. The molecule has 0 saturated heterocycles. The van der Waals surface area contributed by atoms with E-state index in [9.17, 15) is 23.8 Å². The Balaban J connectivity index is 2.10. The van der Waals surface area contributed by atoms with E-state index in [-0.39, 0.29) is 22.6 Å². The maximum Gasteiger partial charge on any atom is 0.262 e. The zero-order valence-electron chi connectivity index (χ0n) is 14.8. The van der Waals surface area contributed by atoms with Gasteiger partial charge in [0, 0.05) is 28.2 Å². The number of aromatic nitrogens is 1. The number of benzene rings is 3. The summed E-state index contributed by atoms with van der Waals surface area (Å²) in [6.07, 6.45) is 1.52. The Labute approximate surface area is 158 Å². The van der Waals surface area contributed by atoms with Crippen molar-refractivity contribution in [1.29, 1.82) is 0 Å². The first kappa shape index (κ1) is 17.7. The molecule has 0 amide bonds. The lowest BCUT2D eigenvalue weighted by molar-refractivity contribution is 0.475. The van der Waals surface area contributed by atoms with Gasteiger partial charge in [0.2, 0.25) is 0 Å². The lowest BCUT2D eigenvalue weighted by Gasteiger charge is -2.14. The number of nitrogens with zero attached hydrogens (tertiary/aromatic N) is 1. The van der Waals surface area contributed by atoms with Crippen molar-refractivity contribution in [2.45, 2.75) is 6.92 Å². The van der Waals surface area contributed by atoms with E-state index in [2.05, 4.69) is 0 Å². The van der Waals surface area contributed by atoms with Gasteiger partial charge in [0.1, 0.15) is 11.5 Å². The molecule has 0 aliphatic carbocycles. The largest absolute Gasteiger partial charge is 0.508 e. The first-order valence-corrected chi connectivity index (χ1v) is 8.49. The number of pyridine rings is 1. The molecule has 0 atom stereocenters. The summed E-state index contributed by atoms with van der Waals surface area (Å²) in [5.41, 5.74) is 1.12. The van der Waals surface area contributed by atoms with Crippen LogP contribution in [0.3, 0.4) is 0 Å². The van der Waals surface area contributed by atoms with Crippen molar-refractivity contribution in [2.24, 2.45) is 0 Å². The van der Waals surface area contributed by atoms with Crippen LogP contribution in [0.4, 0.5) is 8.78 Å². The number of halogens is 2. The summed E-state index contributed by atoms with van der Waals surface area (Å²) >= 11 is 0. The molecular weight excluding hydrogens is 364 g/mol. The Bertz CT molecular complexity index is 1250. The predicted octanol–water partition coefficient (Wildman–Crippen LogP) is 4.66. The Morgan fingerprint density at radius 1 is 0.857 bits per heavy atom. The lowest BCUT2D eigenvalue weighted by atomic mass is 9.98. The van der Waals surface area contributed by atoms with Crippen molar-refractivity contribution in [3.63, 3.8) is 0 Å². The second kappa shape index (κ2) is 6.49. The van der Waals surface area contributed by atoms with Gasteiger partial charge in [0.05, 0.1) is 0 Å². The maximum absolute atomic E-state index is 14.0. The highest BCUT2D eigenvalue weighted by Crippen LogP contribution is 2.32. The molecule has 1 heterocycles. The number of fused-ring (bicyclic) bond motifs is 1. The third-order valence-electron chi connectivity index (χ3n) is 4.65. The van der Waals surface area contributed by atoms with Crippen molar-refractivity contribution in [3.8, 4) is 28.3 Å². The molecule has 0 spiro atoms. The molecule has 0 saturated carbocycles. The lowest BCUT2D eigenvalue weighted by Crippen LogP contribution is -2.18. The number of aryl methyl sites for hydroxylation is 1. The third kappa shape index (κ3) is 2.89. The molecule has 4 aromatic rings. The van der Waals surface area contributed by atoms with Gasteiger partial charge < -0.3 is 10.2 Å². The number of aromatic hydroxyl groups is 2. The zero-order valence-corrected chi connectivity index (χ0v) is 14.8. The standard InChI is InChI=1S/C22H15F2NO3/c1-12-8-13(9-20(23)21(12)24)19-11-25(14-2-4-15(26)5-3-14)22(28)17-7-6-16(27)10-18(17)19/h2-11,26-27H,1H3. The van der Waals surface area contributed by atoms with Gasteiger partial charge in [0.15, 0.2) is 11.6 Å². The van der Waals surface area contributed by atoms with Crippen LogP contribution in [0.15, 0.2) is 65.6 Å². The van der Waals surface area contributed by atoms with Gasteiger partial charge in [0.25, 0.3) is 5.56 Å². The quantitative estimate of drug-likeness (QED) is 0.533. The van der Waals surface area contributed by atoms with E-state index >= 15 is 0 Å². The second-order valence-electron chi connectivity index (χ2n) is 6.55. The van der Waals surface area contributed by atoms with Crippen LogP contribution in [0, 0.1) is 18.6 Å². The molecule has 4 nitrogen and oxygen atoms in total. The Morgan fingerprint density at radius 2 is 1.54 bits per heavy atom. The molecule has 0 fully saturated rings. The van der Waals surface area contributed by atoms with E-state index in [4.69, 9.17) is 0 Å². The SMILES string of the molecule is Cc1cc(-c2cn(-c3ccc(O)cc3)c(=O)c3ccc(O)cc23)cc(F)c1F. The van der Waals surface area contributed by atoms with Crippen LogP contribution in [0.25, 0.3) is 27.6 Å². The molecular formula is C22H15F2NO3. The Hall–Kier alpha value is -3.67. The van der Waals surface area contributed by atoms with E-state index in [1.807, 2.05) is 0 Å². The summed E-state index contributed by atoms with van der Waals surface area (Å²) in [4.78, 5) is 13.0. The van der Waals surface area contributed by atoms with E-state index in [1.165, 1.54) is 54.1 Å². The van der Waals surface area contributed by atoms with E-state index < -0.39 is 11.6 Å². The molecule has 4 rings (SSSR count). The number of hydrogen-bond donors (Lipinski definition) is 2. The van der Waals surface area contributed by atoms with E-state index in [0.717, 1.165) is 6.07 Å². The van der Waals surface area contributed by atoms with Gasteiger partial charge in [-0.15, -0.1) is 0 Å². The van der Waals surface area contributed by atoms with Crippen molar-refractivity contribution in [1.82, 2.24) is 4.57 Å². The summed E-state index contributed by atoms with van der Waals surface area (Å²) in [6, 6.07) is 12.9. The van der Waals surface area contributed by atoms with Crippen LogP contribution in [0.5, 0.6) is 11.5 Å². The van der Waals surface area contributed by atoms with Gasteiger partial charge in [-0.25, -0.2) is 8.78 Å². The van der Waals surface area contributed by atoms with Crippen LogP contribution in [-0.2, 0) is 0 Å². The van der Waals surface area contributed by atoms with Gasteiger partial charge in [-0.05, 0) is 72.6 Å². The molecule has 140 valence electrons. The monoisotopic (exact) mass is 379 g/mol. The van der Waals surface area contributed by atoms with Crippen LogP contribution in [-0.4, -0.2) is 14.8 Å². The fourth-order valence-corrected chi connectivity index (χ4v) is 3.25. The maximum atomic E-state index is 14.0. The summed E-state index contributed by atoms with van der Waals surface area (Å²) in [7, 11) is 0. The molecule has 2 N–H and O–H groups in total. The molecule has 1 aromatic heterocycles. The van der Waals surface area contributed by atoms with Gasteiger partial charge in [-0.1, -0.05) is 0 Å². The van der Waals surface area contributed by atoms with Crippen molar-refractivity contribution >= 4 is 10.8 Å². The predicted molar refractivity (Wildman–Crippen MR) is 103 cm³/mol. The third-order valence-corrected chi connectivity index (χ3v) is 4.65. The molecule has 28 heavy (non-hydrogen) atoms. The first-order valence-electron chi connectivity index (χ1n) is 8.49. The smallest absolute Gasteiger partial charge is 0.262 e. The number of phenolic OH excluding ortho intramolecular Hbond substituents is 2. The average molecular weight is 379 g/mol. The average Bonchev–Trinajstić information content (AvgIpc) is 2.67. The molecule has 0 aliphatic rings. The molecule has 0 bridgehead atoms. The minimum Gasteiger partial charge on any atom is -0.508 e. The van der Waals surface area contributed by atoms with E-state index in [0.29, 0.717) is 27.6 Å². The number of phenols is 2. The fourth-order valence-electron chi connectivity index (χ4n) is 3.25. The van der Waals surface area contributed by atoms with Gasteiger partial charge in [-0.3, -0.25) is 9.36 Å². The second-order valence-corrected chi connectivity index (χ2v) is 6.55. The number of rotatable bonds is 2. The minimum absolute atomic E-state index is 0.0464. The van der Waals surface area contributed by atoms with Gasteiger partial charge in [-0.2, -0.15) is 0 Å². The molecule has 0 aliphatic heterocycles. The van der Waals surface area contributed by atoms with Gasteiger partial charge >= 0.3 is 0 Å². The summed E-state index contributed by atoms with van der Waals surface area (Å²) in [6.45, 7) is 1.46. The van der Waals surface area contributed by atoms with Crippen LogP contribution < -0.4 is 5.56 Å². The molecule has 0 radical (unpaired) electrons. The Kier molecular flexibility index (Phi) is 4.11. The van der Waals surface area contributed by atoms with Crippen molar-refractivity contribution in [3.05, 3.63) is 88.3 Å². The highest BCUT2D eigenvalue weighted by molar-refractivity contribution is 5.97. The zero-order chi connectivity index (χ0) is 20.0. The molecule has 0 unspecified atom stereocenters. The van der Waals surface area contributed by atoms with Crippen LogP contribution in [0.1, 0.15) is 5.56 Å². The van der Waals surface area contributed by atoms with Crippen LogP contribution >= 0.6 is 0 Å². The van der Waals surface area contributed by atoms with Crippen molar-refractivity contribution in [2.75, 3.05) is 0 Å². The highest BCUT2D eigenvalue weighted by atomic mass is 19.2. The first-order chi connectivity index (χ1) is 13.3. The highest BCUT2D eigenvalue weighted by Gasteiger charge is 2.15. The fraction of sp³-hybridized carbons (Fsp3) is 0.0455. The Morgan fingerprint density at radius 3 is 2.21 bits per heavy atom. The van der Waals surface area contributed by atoms with Crippen LogP contribution in [0.2, 0.25) is 0 Å². The minimum atomic E-state index is -0.995. The van der Waals surface area contributed by atoms with E-state index in [1.54, 1.807) is 12.1 Å². The molecule has 6 heteroatoms. The molecule has 3 aromatic carbocycles.